The summed E-state index contributed by atoms with van der Waals surface area (Å²) in [4.78, 5) is 31.4. The summed E-state index contributed by atoms with van der Waals surface area (Å²) in [6.45, 7) is 10.6. The molecule has 0 saturated carbocycles. The van der Waals surface area contributed by atoms with Crippen molar-refractivity contribution in [3.8, 4) is 5.75 Å². The highest BCUT2D eigenvalue weighted by atomic mass is 16.5. The highest BCUT2D eigenvalue weighted by Gasteiger charge is 2.37. The highest BCUT2D eigenvalue weighted by molar-refractivity contribution is 6.52. The molecule has 158 valence electrons. The van der Waals surface area contributed by atoms with E-state index in [0.29, 0.717) is 24.8 Å². The lowest BCUT2D eigenvalue weighted by molar-refractivity contribution is -0.114. The van der Waals surface area contributed by atoms with Gasteiger partial charge in [0.2, 0.25) is 0 Å². The van der Waals surface area contributed by atoms with Crippen molar-refractivity contribution in [3.63, 3.8) is 0 Å². The first-order chi connectivity index (χ1) is 14.5. The van der Waals surface area contributed by atoms with Crippen molar-refractivity contribution in [2.75, 3.05) is 49.3 Å². The summed E-state index contributed by atoms with van der Waals surface area (Å²) in [6.07, 6.45) is 0. The van der Waals surface area contributed by atoms with Gasteiger partial charge in [-0.15, -0.1) is 0 Å². The van der Waals surface area contributed by atoms with Crippen LogP contribution < -0.4 is 14.5 Å². The van der Waals surface area contributed by atoms with Crippen LogP contribution in [0.4, 0.5) is 11.4 Å². The zero-order valence-electron chi connectivity index (χ0n) is 17.9. The predicted octanol–water partition coefficient (Wildman–Crippen LogP) is 3.52. The van der Waals surface area contributed by atoms with Gasteiger partial charge in [0, 0.05) is 26.2 Å². The van der Waals surface area contributed by atoms with Gasteiger partial charge in [-0.1, -0.05) is 32.0 Å². The summed E-state index contributed by atoms with van der Waals surface area (Å²) in [5, 5.41) is 0. The SMILES string of the molecule is CCOc1ccccc1N1CCN(CN2C(=O)C(=O)c3cc(C(C)C)ccc32)CC1. The third kappa shape index (κ3) is 3.79. The van der Waals surface area contributed by atoms with Crippen LogP contribution in [0.25, 0.3) is 0 Å². The van der Waals surface area contributed by atoms with Gasteiger partial charge in [0.1, 0.15) is 5.75 Å². The van der Waals surface area contributed by atoms with Gasteiger partial charge in [0.05, 0.1) is 30.2 Å². The van der Waals surface area contributed by atoms with E-state index in [1.54, 1.807) is 4.90 Å². The number of nitrogens with zero attached hydrogens (tertiary/aromatic N) is 3. The predicted molar refractivity (Wildman–Crippen MR) is 119 cm³/mol. The Balaban J connectivity index is 1.44. The molecule has 1 amide bonds. The van der Waals surface area contributed by atoms with E-state index in [0.717, 1.165) is 48.9 Å². The summed E-state index contributed by atoms with van der Waals surface area (Å²) in [5.41, 5.74) is 3.46. The zero-order valence-corrected chi connectivity index (χ0v) is 17.9. The Morgan fingerprint density at radius 1 is 0.967 bits per heavy atom. The molecule has 0 bridgehead atoms. The van der Waals surface area contributed by atoms with E-state index in [2.05, 4.69) is 29.7 Å². The van der Waals surface area contributed by atoms with Crippen LogP contribution in [-0.2, 0) is 4.79 Å². The average Bonchev–Trinajstić information content (AvgIpc) is 2.99. The molecule has 0 aliphatic carbocycles. The van der Waals surface area contributed by atoms with Gasteiger partial charge in [-0.3, -0.25) is 19.4 Å². The van der Waals surface area contributed by atoms with Crippen LogP contribution in [0.15, 0.2) is 42.5 Å². The Hall–Kier alpha value is -2.86. The molecule has 0 radical (unpaired) electrons. The normalized spacial score (nSPS) is 17.1. The molecule has 2 heterocycles. The van der Waals surface area contributed by atoms with Crippen LogP contribution in [0, 0.1) is 0 Å². The Morgan fingerprint density at radius 2 is 1.70 bits per heavy atom. The van der Waals surface area contributed by atoms with Crippen LogP contribution in [0.3, 0.4) is 0 Å². The van der Waals surface area contributed by atoms with Crippen molar-refractivity contribution in [1.29, 1.82) is 0 Å². The Kier molecular flexibility index (Phi) is 5.77. The minimum atomic E-state index is -0.421. The third-order valence-corrected chi connectivity index (χ3v) is 5.88. The van der Waals surface area contributed by atoms with Gasteiger partial charge in [-0.25, -0.2) is 0 Å². The van der Waals surface area contributed by atoms with Gasteiger partial charge in [0.15, 0.2) is 0 Å². The monoisotopic (exact) mass is 407 g/mol. The number of hydrogen-bond donors (Lipinski definition) is 0. The maximum atomic E-state index is 12.6. The molecule has 1 saturated heterocycles. The number of piperazine rings is 1. The van der Waals surface area contributed by atoms with E-state index in [1.165, 1.54) is 0 Å². The quantitative estimate of drug-likeness (QED) is 0.686. The maximum absolute atomic E-state index is 12.6. The number of benzene rings is 2. The van der Waals surface area contributed by atoms with Crippen LogP contribution in [-0.4, -0.2) is 56.0 Å². The fourth-order valence-corrected chi connectivity index (χ4v) is 4.14. The van der Waals surface area contributed by atoms with Crippen molar-refractivity contribution in [2.45, 2.75) is 26.7 Å². The molecule has 0 N–H and O–H groups in total. The highest BCUT2D eigenvalue weighted by Crippen LogP contribution is 2.33. The molecule has 30 heavy (non-hydrogen) atoms. The topological polar surface area (TPSA) is 53.1 Å². The van der Waals surface area contributed by atoms with Crippen LogP contribution in [0.2, 0.25) is 0 Å². The third-order valence-electron chi connectivity index (χ3n) is 5.88. The molecule has 4 rings (SSSR count). The number of anilines is 2. The Labute approximate surface area is 178 Å². The Bertz CT molecular complexity index is 948. The van der Waals surface area contributed by atoms with Crippen molar-refractivity contribution in [1.82, 2.24) is 4.90 Å². The average molecular weight is 408 g/mol. The standard InChI is InChI=1S/C24H29N3O3/c1-4-30-22-8-6-5-7-21(22)26-13-11-25(12-14-26)16-27-20-10-9-18(17(2)3)15-19(20)23(28)24(27)29/h5-10,15,17H,4,11-14,16H2,1-3H3. The van der Waals surface area contributed by atoms with Crippen molar-refractivity contribution < 1.29 is 14.3 Å². The van der Waals surface area contributed by atoms with E-state index in [9.17, 15) is 9.59 Å². The van der Waals surface area contributed by atoms with Crippen LogP contribution >= 0.6 is 0 Å². The summed E-state index contributed by atoms with van der Waals surface area (Å²) in [5.74, 6) is 0.412. The zero-order chi connectivity index (χ0) is 21.3. The largest absolute Gasteiger partial charge is 0.492 e. The lowest BCUT2D eigenvalue weighted by atomic mass is 9.99. The molecule has 2 aromatic carbocycles. The number of rotatable bonds is 6. The smallest absolute Gasteiger partial charge is 0.300 e. The van der Waals surface area contributed by atoms with Gasteiger partial charge in [-0.2, -0.15) is 0 Å². The summed E-state index contributed by atoms with van der Waals surface area (Å²) in [6, 6.07) is 13.9. The summed E-state index contributed by atoms with van der Waals surface area (Å²) in [7, 11) is 0. The number of hydrogen-bond acceptors (Lipinski definition) is 5. The maximum Gasteiger partial charge on any atom is 0.300 e. The van der Waals surface area contributed by atoms with Gasteiger partial charge in [-0.05, 0) is 42.7 Å². The molecule has 6 heteroatoms. The minimum absolute atomic E-state index is 0.319. The van der Waals surface area contributed by atoms with E-state index in [-0.39, 0.29) is 0 Å². The molecule has 2 aromatic rings. The van der Waals surface area contributed by atoms with E-state index in [4.69, 9.17) is 4.74 Å². The van der Waals surface area contributed by atoms with E-state index >= 15 is 0 Å². The second kappa shape index (κ2) is 8.48. The number of Topliss-reactive ketones (excluding diaryl/α,β-unsaturated/α-hetero) is 1. The number of fused-ring (bicyclic) bond motifs is 1. The first kappa shape index (κ1) is 20.4. The molecule has 0 aromatic heterocycles. The van der Waals surface area contributed by atoms with Crippen LogP contribution in [0.5, 0.6) is 5.75 Å². The van der Waals surface area contributed by atoms with E-state index < -0.39 is 11.7 Å². The number of para-hydroxylation sites is 2. The second-order valence-corrected chi connectivity index (χ2v) is 8.14. The summed E-state index contributed by atoms with van der Waals surface area (Å²) >= 11 is 0. The van der Waals surface area contributed by atoms with Gasteiger partial charge >= 0.3 is 5.91 Å². The van der Waals surface area contributed by atoms with Crippen LogP contribution in [0.1, 0.15) is 42.6 Å². The molecule has 0 spiro atoms. The van der Waals surface area contributed by atoms with Crippen molar-refractivity contribution in [2.24, 2.45) is 0 Å². The Morgan fingerprint density at radius 3 is 2.40 bits per heavy atom. The lowest BCUT2D eigenvalue weighted by Crippen LogP contribution is -2.51. The lowest BCUT2D eigenvalue weighted by Gasteiger charge is -2.38. The number of carbonyl (C=O) groups excluding carboxylic acids is 2. The number of amides is 1. The molecule has 1 fully saturated rings. The van der Waals surface area contributed by atoms with Crippen molar-refractivity contribution >= 4 is 23.1 Å². The van der Waals surface area contributed by atoms with Gasteiger partial charge < -0.3 is 9.64 Å². The molecule has 0 atom stereocenters. The number of ketones is 1. The first-order valence-electron chi connectivity index (χ1n) is 10.7. The van der Waals surface area contributed by atoms with Crippen molar-refractivity contribution in [3.05, 3.63) is 53.6 Å². The summed E-state index contributed by atoms with van der Waals surface area (Å²) < 4.78 is 5.77. The minimum Gasteiger partial charge on any atom is -0.492 e. The first-order valence-corrected chi connectivity index (χ1v) is 10.7. The molecule has 6 nitrogen and oxygen atoms in total. The molecule has 2 aliphatic rings. The second-order valence-electron chi connectivity index (χ2n) is 8.14. The van der Waals surface area contributed by atoms with Gasteiger partial charge in [0.25, 0.3) is 5.78 Å². The molecular formula is C24H29N3O3. The van der Waals surface area contributed by atoms with E-state index in [1.807, 2.05) is 43.3 Å². The molecule has 2 aliphatic heterocycles. The number of ether oxygens (including phenoxy) is 1. The number of carbonyl (C=O) groups is 2. The fourth-order valence-electron chi connectivity index (χ4n) is 4.14. The molecule has 0 unspecified atom stereocenters. The fraction of sp³-hybridized carbons (Fsp3) is 0.417. The molecular weight excluding hydrogens is 378 g/mol.